The molecule has 1 aliphatic carbocycles. The number of fused-ring (bicyclic) bond motifs is 1. The summed E-state index contributed by atoms with van der Waals surface area (Å²) in [4.78, 5) is 27.3. The van der Waals surface area contributed by atoms with Crippen molar-refractivity contribution >= 4 is 11.9 Å². The normalized spacial score (nSPS) is 26.2. The van der Waals surface area contributed by atoms with Crippen LogP contribution in [0.2, 0.25) is 0 Å². The quantitative estimate of drug-likeness (QED) is 0.544. The molecule has 0 unspecified atom stereocenters. The van der Waals surface area contributed by atoms with Crippen molar-refractivity contribution in [2.24, 2.45) is 0 Å². The second-order valence-corrected chi connectivity index (χ2v) is 8.31. The zero-order valence-electron chi connectivity index (χ0n) is 17.9. The van der Waals surface area contributed by atoms with Crippen molar-refractivity contribution in [1.82, 2.24) is 4.90 Å². The maximum absolute atomic E-state index is 12.8. The van der Waals surface area contributed by atoms with Crippen LogP contribution >= 0.6 is 0 Å². The molecule has 0 aromatic heterocycles. The van der Waals surface area contributed by atoms with Gasteiger partial charge in [0.1, 0.15) is 24.4 Å². The molecular formula is C25H27NO5. The number of esters is 1. The van der Waals surface area contributed by atoms with Gasteiger partial charge in [0.15, 0.2) is 5.79 Å². The predicted octanol–water partition coefficient (Wildman–Crippen LogP) is 3.72. The number of hydrogen-bond donors (Lipinski definition) is 0. The molecule has 4 atom stereocenters. The van der Waals surface area contributed by atoms with Crippen molar-refractivity contribution in [1.29, 1.82) is 0 Å². The summed E-state index contributed by atoms with van der Waals surface area (Å²) in [6, 6.07) is 18.0. The second-order valence-electron chi connectivity index (χ2n) is 8.31. The minimum Gasteiger partial charge on any atom is -0.452 e. The van der Waals surface area contributed by atoms with Crippen LogP contribution in [0.25, 0.3) is 0 Å². The lowest BCUT2D eigenvalue weighted by Crippen LogP contribution is -2.57. The summed E-state index contributed by atoms with van der Waals surface area (Å²) in [6.45, 7) is 5.58. The zero-order valence-corrected chi connectivity index (χ0v) is 17.9. The topological polar surface area (TPSA) is 65.1 Å². The Morgan fingerprint density at radius 2 is 1.61 bits per heavy atom. The van der Waals surface area contributed by atoms with Crippen molar-refractivity contribution in [3.8, 4) is 0 Å². The van der Waals surface area contributed by atoms with Crippen molar-refractivity contribution in [2.75, 3.05) is 0 Å². The van der Waals surface area contributed by atoms with Gasteiger partial charge < -0.3 is 19.1 Å². The third kappa shape index (κ3) is 4.70. The van der Waals surface area contributed by atoms with Gasteiger partial charge in [0.05, 0.1) is 5.56 Å². The van der Waals surface area contributed by atoms with E-state index in [4.69, 9.17) is 14.2 Å². The highest BCUT2D eigenvalue weighted by molar-refractivity contribution is 5.89. The molecule has 162 valence electrons. The minimum absolute atomic E-state index is 0.128. The molecule has 0 saturated carbocycles. The van der Waals surface area contributed by atoms with Gasteiger partial charge in [-0.1, -0.05) is 54.6 Å². The first-order valence-corrected chi connectivity index (χ1v) is 10.5. The van der Waals surface area contributed by atoms with E-state index in [-0.39, 0.29) is 12.0 Å². The van der Waals surface area contributed by atoms with Gasteiger partial charge >= 0.3 is 5.97 Å². The molecule has 31 heavy (non-hydrogen) atoms. The number of ether oxygens (including phenoxy) is 3. The lowest BCUT2D eigenvalue weighted by molar-refractivity contribution is -0.159. The second kappa shape index (κ2) is 8.65. The Labute approximate surface area is 182 Å². The molecule has 1 fully saturated rings. The van der Waals surface area contributed by atoms with Gasteiger partial charge in [0.2, 0.25) is 5.91 Å². The van der Waals surface area contributed by atoms with E-state index < -0.39 is 30.0 Å². The average molecular weight is 421 g/mol. The van der Waals surface area contributed by atoms with E-state index >= 15 is 0 Å². The van der Waals surface area contributed by atoms with Crippen LogP contribution in [0.1, 0.15) is 36.7 Å². The maximum atomic E-state index is 12.8. The number of hydrogen-bond acceptors (Lipinski definition) is 5. The van der Waals surface area contributed by atoms with Crippen molar-refractivity contribution in [3.05, 3.63) is 83.9 Å². The standard InChI is InChI=1S/C25H27NO5/c1-17(27)26(16-18-10-6-4-7-11-18)22-20(29-24(28)19-12-8-5-9-13-19)14-15-21-23(22)31-25(2,3)30-21/h4-15,20-23H,16H2,1-3H3/t20-,21+,22-,23+/m0/s1. The summed E-state index contributed by atoms with van der Waals surface area (Å²) in [5.74, 6) is -1.37. The SMILES string of the molecule is CC(=O)N(Cc1ccccc1)[C@@H]1[C@@H]2OC(C)(C)O[C@@H]2C=C[C@@H]1OC(=O)c1ccccc1. The molecule has 2 aromatic carbocycles. The highest BCUT2D eigenvalue weighted by Crippen LogP contribution is 2.37. The van der Waals surface area contributed by atoms with Gasteiger partial charge in [-0.2, -0.15) is 0 Å². The highest BCUT2D eigenvalue weighted by Gasteiger charge is 2.51. The number of benzene rings is 2. The molecule has 0 spiro atoms. The van der Waals surface area contributed by atoms with Crippen LogP contribution < -0.4 is 0 Å². The van der Waals surface area contributed by atoms with Gasteiger partial charge in [-0.3, -0.25) is 4.79 Å². The van der Waals surface area contributed by atoms with Crippen LogP contribution in [0.15, 0.2) is 72.8 Å². The van der Waals surface area contributed by atoms with Gasteiger partial charge in [-0.15, -0.1) is 0 Å². The summed E-state index contributed by atoms with van der Waals surface area (Å²) >= 11 is 0. The Morgan fingerprint density at radius 1 is 0.968 bits per heavy atom. The molecule has 6 heteroatoms. The van der Waals surface area contributed by atoms with Gasteiger partial charge in [-0.25, -0.2) is 4.79 Å². The number of carbonyl (C=O) groups is 2. The third-order valence-corrected chi connectivity index (χ3v) is 5.54. The van der Waals surface area contributed by atoms with Crippen LogP contribution in [-0.2, 0) is 25.5 Å². The van der Waals surface area contributed by atoms with E-state index in [1.165, 1.54) is 6.92 Å². The van der Waals surface area contributed by atoms with Gasteiger partial charge in [0, 0.05) is 13.5 Å². The fourth-order valence-corrected chi connectivity index (χ4v) is 4.19. The van der Waals surface area contributed by atoms with E-state index in [1.54, 1.807) is 35.2 Å². The highest BCUT2D eigenvalue weighted by atomic mass is 16.8. The molecule has 0 N–H and O–H groups in total. The minimum atomic E-state index is -0.800. The Morgan fingerprint density at radius 3 is 2.26 bits per heavy atom. The monoisotopic (exact) mass is 421 g/mol. The number of rotatable bonds is 5. The van der Waals surface area contributed by atoms with E-state index in [1.807, 2.05) is 56.3 Å². The molecule has 2 aliphatic rings. The summed E-state index contributed by atoms with van der Waals surface area (Å²) < 4.78 is 18.1. The Kier molecular flexibility index (Phi) is 5.94. The van der Waals surface area contributed by atoms with Gasteiger partial charge in [0.25, 0.3) is 0 Å². The van der Waals surface area contributed by atoms with E-state index in [2.05, 4.69) is 0 Å². The van der Waals surface area contributed by atoms with Crippen LogP contribution in [-0.4, -0.2) is 46.9 Å². The molecule has 1 saturated heterocycles. The molecule has 0 radical (unpaired) electrons. The molecule has 1 aliphatic heterocycles. The van der Waals surface area contributed by atoms with E-state index in [9.17, 15) is 9.59 Å². The number of amides is 1. The summed E-state index contributed by atoms with van der Waals surface area (Å²) in [5, 5.41) is 0. The molecular weight excluding hydrogens is 394 g/mol. The Bertz CT molecular complexity index is 956. The smallest absolute Gasteiger partial charge is 0.338 e. The number of nitrogens with zero attached hydrogens (tertiary/aromatic N) is 1. The maximum Gasteiger partial charge on any atom is 0.338 e. The average Bonchev–Trinajstić information content (AvgIpc) is 3.07. The lowest BCUT2D eigenvalue weighted by Gasteiger charge is -2.41. The molecule has 0 bridgehead atoms. The number of carbonyl (C=O) groups excluding carboxylic acids is 2. The van der Waals surface area contributed by atoms with Crippen molar-refractivity contribution in [3.63, 3.8) is 0 Å². The first-order valence-electron chi connectivity index (χ1n) is 10.5. The third-order valence-electron chi connectivity index (χ3n) is 5.54. The molecule has 1 heterocycles. The largest absolute Gasteiger partial charge is 0.452 e. The van der Waals surface area contributed by atoms with Gasteiger partial charge in [-0.05, 0) is 37.6 Å². The lowest BCUT2D eigenvalue weighted by atomic mass is 9.91. The van der Waals surface area contributed by atoms with Crippen molar-refractivity contribution < 1.29 is 23.8 Å². The fraction of sp³-hybridized carbons (Fsp3) is 0.360. The first-order chi connectivity index (χ1) is 14.8. The van der Waals surface area contributed by atoms with Crippen LogP contribution in [0.3, 0.4) is 0 Å². The summed E-state index contributed by atoms with van der Waals surface area (Å²) in [7, 11) is 0. The molecule has 1 amide bonds. The summed E-state index contributed by atoms with van der Waals surface area (Å²) in [6.07, 6.45) is 2.21. The molecule has 6 nitrogen and oxygen atoms in total. The van der Waals surface area contributed by atoms with Crippen LogP contribution in [0.5, 0.6) is 0 Å². The molecule has 4 rings (SSSR count). The van der Waals surface area contributed by atoms with Crippen molar-refractivity contribution in [2.45, 2.75) is 57.5 Å². The molecule has 2 aromatic rings. The van der Waals surface area contributed by atoms with Crippen LogP contribution in [0.4, 0.5) is 0 Å². The van der Waals surface area contributed by atoms with E-state index in [0.29, 0.717) is 12.1 Å². The first kappa shape index (κ1) is 21.3. The fourth-order valence-electron chi connectivity index (χ4n) is 4.19. The Hall–Kier alpha value is -2.96. The predicted molar refractivity (Wildman–Crippen MR) is 115 cm³/mol. The Balaban J connectivity index is 1.66. The zero-order chi connectivity index (χ0) is 22.0. The summed E-state index contributed by atoms with van der Waals surface area (Å²) in [5.41, 5.74) is 1.44. The van der Waals surface area contributed by atoms with E-state index in [0.717, 1.165) is 5.56 Å². The van der Waals surface area contributed by atoms with Crippen LogP contribution in [0, 0.1) is 0 Å².